The zero-order chi connectivity index (χ0) is 15.4. The number of halogens is 1. The van der Waals surface area contributed by atoms with Gasteiger partial charge in [0.05, 0.1) is 0 Å². The van der Waals surface area contributed by atoms with Gasteiger partial charge in [-0.1, -0.05) is 0 Å². The van der Waals surface area contributed by atoms with Gasteiger partial charge in [-0.3, -0.25) is 0 Å². The molecule has 1 heterocycles. The summed E-state index contributed by atoms with van der Waals surface area (Å²) in [5.41, 5.74) is 4.04. The molecule has 1 aliphatic heterocycles. The first kappa shape index (κ1) is 16.0. The predicted molar refractivity (Wildman–Crippen MR) is 106 cm³/mol. The Morgan fingerprint density at radius 3 is 2.41 bits per heavy atom. The first-order chi connectivity index (χ1) is 10.8. The molecule has 0 bridgehead atoms. The van der Waals surface area contributed by atoms with Crippen molar-refractivity contribution in [3.8, 4) is 0 Å². The molecule has 1 aliphatic rings. The second-order valence-electron chi connectivity index (χ2n) is 5.20. The maximum atomic E-state index is 4.89. The Bertz CT molecular complexity index is 719. The first-order valence-corrected chi connectivity index (χ1v) is 10.4. The van der Waals surface area contributed by atoms with E-state index >= 15 is 0 Å². The van der Waals surface area contributed by atoms with Gasteiger partial charge in [-0.15, -0.1) is 0 Å². The van der Waals surface area contributed by atoms with E-state index in [1.165, 1.54) is 42.2 Å². The van der Waals surface area contributed by atoms with Crippen LogP contribution in [0, 0.1) is 0 Å². The molecule has 0 aliphatic carbocycles. The van der Waals surface area contributed by atoms with Crippen LogP contribution in [-0.4, -0.2) is 26.1 Å². The van der Waals surface area contributed by atoms with Crippen LogP contribution >= 0.6 is 22.6 Å². The van der Waals surface area contributed by atoms with Gasteiger partial charge >= 0.3 is 153 Å². The van der Waals surface area contributed by atoms with Gasteiger partial charge in [0.1, 0.15) is 0 Å². The molecule has 0 saturated heterocycles. The van der Waals surface area contributed by atoms with Crippen molar-refractivity contribution in [2.24, 2.45) is 4.99 Å². The van der Waals surface area contributed by atoms with Crippen LogP contribution < -0.4 is 0 Å². The molecule has 0 atom stereocenters. The average Bonchev–Trinajstić information content (AvgIpc) is 2.94. The summed E-state index contributed by atoms with van der Waals surface area (Å²) in [5, 5.41) is 0. The summed E-state index contributed by atoms with van der Waals surface area (Å²) in [5.74, 6) is 0. The molecule has 0 fully saturated rings. The number of fused-ring (bicyclic) bond motifs is 1. The van der Waals surface area contributed by atoms with Crippen molar-refractivity contribution in [1.82, 2.24) is 0 Å². The third kappa shape index (κ3) is 3.37. The number of hydrogen-bond donors (Lipinski definition) is 0. The monoisotopic (exact) mass is 467 g/mol. The quantitative estimate of drug-likeness (QED) is 0.333. The topological polar surface area (TPSA) is 12.4 Å². The fourth-order valence-corrected chi connectivity index (χ4v) is 6.01. The Kier molecular flexibility index (Phi) is 5.50. The van der Waals surface area contributed by atoms with Gasteiger partial charge in [0, 0.05) is 0 Å². The van der Waals surface area contributed by atoms with E-state index in [-0.39, 0.29) is 0 Å². The molecule has 2 aromatic carbocycles. The van der Waals surface area contributed by atoms with Crippen LogP contribution in [0.2, 0.25) is 0 Å². The Hall–Kier alpha value is -0.901. The van der Waals surface area contributed by atoms with E-state index in [2.05, 4.69) is 84.1 Å². The first-order valence-electron chi connectivity index (χ1n) is 7.58. The standard InChI is InChI=1S/C19H18INSe/c1-2-3-13-21-19-16-12-8-7-11-15(16)18(22-19)17(20)14-9-5-4-6-10-14/h4-12H,2-3,13H2,1H3/b18-17+,21-19?. The molecule has 22 heavy (non-hydrogen) atoms. The summed E-state index contributed by atoms with van der Waals surface area (Å²) in [6, 6.07) is 19.4. The molecular formula is C19H18INSe. The molecule has 0 unspecified atom stereocenters. The SMILES string of the molecule is CCCCN=C1[Se]/C(=C(/I)c2ccccc2)c2ccccc21. The summed E-state index contributed by atoms with van der Waals surface area (Å²) in [4.78, 5) is 4.89. The predicted octanol–water partition coefficient (Wildman–Crippen LogP) is 5.21. The summed E-state index contributed by atoms with van der Waals surface area (Å²) in [6.45, 7) is 3.18. The van der Waals surface area contributed by atoms with Gasteiger partial charge < -0.3 is 0 Å². The van der Waals surface area contributed by atoms with Gasteiger partial charge in [-0.2, -0.15) is 0 Å². The molecule has 0 radical (unpaired) electrons. The van der Waals surface area contributed by atoms with Crippen LogP contribution in [-0.2, 0) is 0 Å². The second kappa shape index (κ2) is 7.58. The maximum absolute atomic E-state index is 4.89. The van der Waals surface area contributed by atoms with Crippen LogP contribution in [0.3, 0.4) is 0 Å². The van der Waals surface area contributed by atoms with E-state index in [9.17, 15) is 0 Å². The van der Waals surface area contributed by atoms with Gasteiger partial charge in [0.2, 0.25) is 0 Å². The summed E-state index contributed by atoms with van der Waals surface area (Å²) < 4.78 is 4.16. The van der Waals surface area contributed by atoms with Crippen molar-refractivity contribution in [1.29, 1.82) is 0 Å². The molecule has 2 aromatic rings. The third-order valence-electron chi connectivity index (χ3n) is 3.59. The molecule has 0 aromatic heterocycles. The molecular weight excluding hydrogens is 448 g/mol. The minimum atomic E-state index is 0.309. The van der Waals surface area contributed by atoms with E-state index < -0.39 is 0 Å². The second-order valence-corrected chi connectivity index (χ2v) is 8.37. The van der Waals surface area contributed by atoms with E-state index in [1.807, 2.05) is 0 Å². The van der Waals surface area contributed by atoms with Crippen molar-refractivity contribution in [3.63, 3.8) is 0 Å². The minimum absolute atomic E-state index is 0.309. The van der Waals surface area contributed by atoms with E-state index in [1.54, 1.807) is 0 Å². The average molecular weight is 466 g/mol. The van der Waals surface area contributed by atoms with E-state index in [0.717, 1.165) is 6.54 Å². The van der Waals surface area contributed by atoms with Crippen molar-refractivity contribution in [2.45, 2.75) is 19.8 Å². The normalized spacial score (nSPS) is 17.6. The van der Waals surface area contributed by atoms with Gasteiger partial charge in [0.15, 0.2) is 0 Å². The molecule has 0 amide bonds. The summed E-state index contributed by atoms with van der Waals surface area (Å²) >= 11 is 2.81. The summed E-state index contributed by atoms with van der Waals surface area (Å²) in [6.07, 6.45) is 2.38. The number of hydrogen-bond acceptors (Lipinski definition) is 1. The number of nitrogens with zero attached hydrogens (tertiary/aromatic N) is 1. The Morgan fingerprint density at radius 1 is 1.00 bits per heavy atom. The molecule has 3 rings (SSSR count). The molecule has 112 valence electrons. The van der Waals surface area contributed by atoms with Crippen molar-refractivity contribution >= 4 is 50.2 Å². The van der Waals surface area contributed by atoms with Crippen LogP contribution in [0.1, 0.15) is 36.5 Å². The van der Waals surface area contributed by atoms with Crippen LogP contribution in [0.5, 0.6) is 0 Å². The zero-order valence-electron chi connectivity index (χ0n) is 12.6. The van der Waals surface area contributed by atoms with Crippen molar-refractivity contribution in [2.75, 3.05) is 6.54 Å². The zero-order valence-corrected chi connectivity index (χ0v) is 16.4. The Balaban J connectivity index is 2.03. The fourth-order valence-electron chi connectivity index (χ4n) is 2.41. The number of rotatable bonds is 4. The molecule has 0 spiro atoms. The van der Waals surface area contributed by atoms with Gasteiger partial charge in [0.25, 0.3) is 0 Å². The number of benzene rings is 2. The van der Waals surface area contributed by atoms with Gasteiger partial charge in [-0.25, -0.2) is 0 Å². The fraction of sp³-hybridized carbons (Fsp3) is 0.211. The van der Waals surface area contributed by atoms with Crippen molar-refractivity contribution < 1.29 is 0 Å². The van der Waals surface area contributed by atoms with Crippen LogP contribution in [0.25, 0.3) is 8.05 Å². The van der Waals surface area contributed by atoms with E-state index in [0.29, 0.717) is 15.0 Å². The molecule has 0 saturated carbocycles. The molecule has 1 nitrogen and oxygen atoms in total. The number of unbranched alkanes of at least 4 members (excludes halogenated alkanes) is 1. The Morgan fingerprint density at radius 2 is 1.68 bits per heavy atom. The van der Waals surface area contributed by atoms with Crippen LogP contribution in [0.15, 0.2) is 59.6 Å². The van der Waals surface area contributed by atoms with Crippen LogP contribution in [0.4, 0.5) is 0 Å². The number of aliphatic imine (C=N–C) groups is 1. The van der Waals surface area contributed by atoms with E-state index in [4.69, 9.17) is 4.99 Å². The molecule has 0 N–H and O–H groups in total. The Labute approximate surface area is 152 Å². The molecule has 3 heteroatoms. The van der Waals surface area contributed by atoms with Crippen molar-refractivity contribution in [3.05, 3.63) is 71.3 Å². The third-order valence-corrected chi connectivity index (χ3v) is 8.03. The summed E-state index contributed by atoms with van der Waals surface area (Å²) in [7, 11) is 0. The van der Waals surface area contributed by atoms with Gasteiger partial charge in [-0.05, 0) is 0 Å².